The molecule has 0 unspecified atom stereocenters. The summed E-state index contributed by atoms with van der Waals surface area (Å²) in [5.41, 5.74) is 1.37. The van der Waals surface area contributed by atoms with E-state index in [4.69, 9.17) is 11.6 Å². The predicted molar refractivity (Wildman–Crippen MR) is 73.0 cm³/mol. The Morgan fingerprint density at radius 3 is 2.94 bits per heavy atom. The van der Waals surface area contributed by atoms with Crippen molar-refractivity contribution in [2.45, 2.75) is 0 Å². The van der Waals surface area contributed by atoms with E-state index in [9.17, 15) is 4.79 Å². The monoisotopic (exact) mass is 269 g/mol. The van der Waals surface area contributed by atoms with E-state index in [2.05, 4.69) is 4.99 Å². The summed E-state index contributed by atoms with van der Waals surface area (Å²) < 4.78 is 0.790. The van der Waals surface area contributed by atoms with Crippen LogP contribution in [0.5, 0.6) is 0 Å². The molecule has 1 aliphatic rings. The predicted octanol–water partition coefficient (Wildman–Crippen LogP) is 3.67. The smallest absolute Gasteiger partial charge is 0.244 e. The highest BCUT2D eigenvalue weighted by Gasteiger charge is 2.21. The van der Waals surface area contributed by atoms with E-state index in [0.717, 1.165) is 9.94 Å². The molecule has 0 spiro atoms. The Morgan fingerprint density at radius 1 is 1.50 bits per heavy atom. The first-order valence-electron chi connectivity index (χ1n) is 4.51. The molecule has 0 N–H and O–H groups in total. The van der Waals surface area contributed by atoms with Crippen LogP contribution in [0.4, 0.5) is 0 Å². The fourth-order valence-corrected chi connectivity index (χ4v) is 2.69. The van der Waals surface area contributed by atoms with E-state index in [-0.39, 0.29) is 5.12 Å². The molecule has 0 aliphatic carbocycles. The van der Waals surface area contributed by atoms with Gasteiger partial charge in [-0.25, -0.2) is 4.99 Å². The third kappa shape index (κ3) is 2.70. The molecule has 0 amide bonds. The largest absolute Gasteiger partial charge is 0.279 e. The lowest BCUT2D eigenvalue weighted by Crippen LogP contribution is -1.87. The van der Waals surface area contributed by atoms with E-state index in [1.165, 1.54) is 23.5 Å². The summed E-state index contributed by atoms with van der Waals surface area (Å²) in [4.78, 5) is 15.8. The summed E-state index contributed by atoms with van der Waals surface area (Å²) in [5, 5.41) is 0.644. The average Bonchev–Trinajstić information content (AvgIpc) is 2.60. The molecule has 2 nitrogen and oxygen atoms in total. The van der Waals surface area contributed by atoms with Crippen LogP contribution in [0, 0.1) is 0 Å². The van der Waals surface area contributed by atoms with E-state index in [1.807, 2.05) is 18.4 Å². The summed E-state index contributed by atoms with van der Waals surface area (Å²) in [5.74, 6) is 0. The van der Waals surface area contributed by atoms with Gasteiger partial charge < -0.3 is 0 Å². The van der Waals surface area contributed by atoms with Gasteiger partial charge in [0, 0.05) is 5.02 Å². The van der Waals surface area contributed by atoms with Crippen LogP contribution in [0.25, 0.3) is 6.08 Å². The number of aliphatic imine (C=N–C) groups is 1. The van der Waals surface area contributed by atoms with Crippen molar-refractivity contribution in [3.05, 3.63) is 40.5 Å². The van der Waals surface area contributed by atoms with Crippen LogP contribution in [-0.4, -0.2) is 15.7 Å². The Bertz CT molecular complexity index is 497. The molecule has 0 aromatic heterocycles. The van der Waals surface area contributed by atoms with Gasteiger partial charge >= 0.3 is 0 Å². The van der Waals surface area contributed by atoms with Gasteiger partial charge in [0.15, 0.2) is 0 Å². The molecule has 82 valence electrons. The van der Waals surface area contributed by atoms with E-state index in [1.54, 1.807) is 18.2 Å². The van der Waals surface area contributed by atoms with Crippen LogP contribution in [0.3, 0.4) is 0 Å². The second kappa shape index (κ2) is 5.08. The highest BCUT2D eigenvalue weighted by molar-refractivity contribution is 8.45. The molecule has 1 aromatic carbocycles. The minimum absolute atomic E-state index is 0.00988. The van der Waals surface area contributed by atoms with Crippen molar-refractivity contribution < 1.29 is 4.79 Å². The molecular weight excluding hydrogens is 262 g/mol. The number of thioether (sulfide) groups is 2. The standard InChI is InChI=1S/C11H8ClNOS2/c1-15-11-13-9(10(14)16-11)6-7-3-2-4-8(12)5-7/h2-6H,1H3/b9-6-. The normalized spacial score (nSPS) is 18.0. The number of carbonyl (C=O) groups is 1. The molecule has 0 saturated carbocycles. The maximum Gasteiger partial charge on any atom is 0.244 e. The minimum atomic E-state index is -0.00988. The lowest BCUT2D eigenvalue weighted by Gasteiger charge is -1.94. The van der Waals surface area contributed by atoms with Gasteiger partial charge in [0.2, 0.25) is 5.12 Å². The number of rotatable bonds is 1. The fraction of sp³-hybridized carbons (Fsp3) is 0.0909. The first-order chi connectivity index (χ1) is 7.69. The average molecular weight is 270 g/mol. The van der Waals surface area contributed by atoms with Crippen molar-refractivity contribution in [1.29, 1.82) is 0 Å². The van der Waals surface area contributed by atoms with Crippen LogP contribution in [0.1, 0.15) is 5.56 Å². The summed E-state index contributed by atoms with van der Waals surface area (Å²) in [6.45, 7) is 0. The molecule has 0 bridgehead atoms. The van der Waals surface area contributed by atoms with Gasteiger partial charge in [-0.3, -0.25) is 4.79 Å². The maximum absolute atomic E-state index is 11.6. The zero-order valence-corrected chi connectivity index (χ0v) is 10.8. The molecule has 0 atom stereocenters. The summed E-state index contributed by atoms with van der Waals surface area (Å²) in [6, 6.07) is 7.34. The number of halogens is 1. The Morgan fingerprint density at radius 2 is 2.31 bits per heavy atom. The van der Waals surface area contributed by atoms with Crippen molar-refractivity contribution in [1.82, 2.24) is 0 Å². The number of carbonyl (C=O) groups excluding carboxylic acids is 1. The Hall–Kier alpha value is -0.710. The SMILES string of the molecule is CSC1=N/C(=C\c2cccc(Cl)c2)C(=O)S1. The van der Waals surface area contributed by atoms with Gasteiger partial charge in [-0.1, -0.05) is 23.7 Å². The Balaban J connectivity index is 2.31. The number of hydrogen-bond acceptors (Lipinski definition) is 4. The molecule has 5 heteroatoms. The highest BCUT2D eigenvalue weighted by atomic mass is 35.5. The summed E-state index contributed by atoms with van der Waals surface area (Å²) in [6.07, 6.45) is 3.66. The third-order valence-corrected chi connectivity index (χ3v) is 4.01. The summed E-state index contributed by atoms with van der Waals surface area (Å²) >= 11 is 8.51. The van der Waals surface area contributed by atoms with Crippen LogP contribution in [0.2, 0.25) is 5.02 Å². The van der Waals surface area contributed by atoms with Gasteiger partial charge in [0.1, 0.15) is 10.1 Å². The van der Waals surface area contributed by atoms with Gasteiger partial charge in [-0.05, 0) is 41.8 Å². The molecular formula is C11H8ClNOS2. The van der Waals surface area contributed by atoms with Crippen molar-refractivity contribution in [2.75, 3.05) is 6.26 Å². The quantitative estimate of drug-likeness (QED) is 0.729. The number of benzene rings is 1. The first-order valence-corrected chi connectivity index (χ1v) is 6.93. The molecule has 0 fully saturated rings. The zero-order chi connectivity index (χ0) is 11.5. The van der Waals surface area contributed by atoms with Crippen molar-refractivity contribution >= 4 is 50.7 Å². The first kappa shape index (κ1) is 11.8. The second-order valence-corrected chi connectivity index (χ2v) is 5.51. The third-order valence-electron chi connectivity index (χ3n) is 1.93. The fourth-order valence-electron chi connectivity index (χ4n) is 1.23. The zero-order valence-electron chi connectivity index (χ0n) is 8.44. The molecule has 1 aromatic rings. The molecule has 0 saturated heterocycles. The van der Waals surface area contributed by atoms with E-state index >= 15 is 0 Å². The molecule has 1 heterocycles. The summed E-state index contributed by atoms with van der Waals surface area (Å²) in [7, 11) is 0. The van der Waals surface area contributed by atoms with Crippen molar-refractivity contribution in [2.24, 2.45) is 4.99 Å². The highest BCUT2D eigenvalue weighted by Crippen LogP contribution is 2.29. The van der Waals surface area contributed by atoms with Crippen LogP contribution in [0.15, 0.2) is 35.0 Å². The van der Waals surface area contributed by atoms with Gasteiger partial charge in [-0.2, -0.15) is 0 Å². The molecule has 0 radical (unpaired) electrons. The molecule has 2 rings (SSSR count). The van der Waals surface area contributed by atoms with Crippen LogP contribution >= 0.6 is 35.1 Å². The van der Waals surface area contributed by atoms with Gasteiger partial charge in [0.05, 0.1) is 0 Å². The molecule has 16 heavy (non-hydrogen) atoms. The van der Waals surface area contributed by atoms with Crippen LogP contribution in [-0.2, 0) is 4.79 Å². The van der Waals surface area contributed by atoms with Crippen LogP contribution < -0.4 is 0 Å². The molecule has 1 aliphatic heterocycles. The lowest BCUT2D eigenvalue weighted by atomic mass is 10.2. The van der Waals surface area contributed by atoms with Crippen molar-refractivity contribution in [3.8, 4) is 0 Å². The van der Waals surface area contributed by atoms with Crippen molar-refractivity contribution in [3.63, 3.8) is 0 Å². The Labute approximate surface area is 107 Å². The van der Waals surface area contributed by atoms with Gasteiger partial charge in [0.25, 0.3) is 0 Å². The number of hydrogen-bond donors (Lipinski definition) is 0. The van der Waals surface area contributed by atoms with E-state index < -0.39 is 0 Å². The topological polar surface area (TPSA) is 29.4 Å². The van der Waals surface area contributed by atoms with E-state index in [0.29, 0.717) is 10.7 Å². The second-order valence-electron chi connectivity index (χ2n) is 3.06. The Kier molecular flexibility index (Phi) is 3.74. The minimum Gasteiger partial charge on any atom is -0.279 e. The lowest BCUT2D eigenvalue weighted by molar-refractivity contribution is -0.107. The maximum atomic E-state index is 11.6. The van der Waals surface area contributed by atoms with Gasteiger partial charge in [-0.15, -0.1) is 11.8 Å². The number of nitrogens with zero attached hydrogens (tertiary/aromatic N) is 1.